The number of aromatic nitrogens is 3. The summed E-state index contributed by atoms with van der Waals surface area (Å²) in [4.78, 5) is 20.7. The lowest BCUT2D eigenvalue weighted by Crippen LogP contribution is -2.56. The highest BCUT2D eigenvalue weighted by Crippen LogP contribution is 2.28. The van der Waals surface area contributed by atoms with Gasteiger partial charge in [-0.3, -0.25) is 0 Å². The first kappa shape index (κ1) is 20.2. The molecule has 2 aromatic heterocycles. The number of aryl methyl sites for hydroxylation is 1. The Morgan fingerprint density at radius 2 is 2.27 bits per heavy atom. The number of aliphatic imine (C=N–C) groups is 1. The van der Waals surface area contributed by atoms with E-state index in [9.17, 15) is 5.26 Å². The number of fused-ring (bicyclic) bond motifs is 1. The number of nitrogens with one attached hydrogen (secondary N) is 2. The molecule has 1 atom stereocenters. The van der Waals surface area contributed by atoms with Crippen LogP contribution in [-0.2, 0) is 0 Å². The average Bonchev–Trinajstić information content (AvgIpc) is 3.14. The van der Waals surface area contributed by atoms with Crippen LogP contribution >= 0.6 is 15.9 Å². The molecule has 9 heteroatoms. The van der Waals surface area contributed by atoms with E-state index >= 15 is 0 Å². The minimum absolute atomic E-state index is 0.190. The molecule has 1 aliphatic rings. The predicted molar refractivity (Wildman–Crippen MR) is 122 cm³/mol. The largest absolute Gasteiger partial charge is 0.352 e. The summed E-state index contributed by atoms with van der Waals surface area (Å²) in [6.45, 7) is 6.52. The standard InChI is InChI=1S/C21H23BrN8/c1-3-17-11-29(20-18-14(2)10-24-19(18)26-13-27-20)7-8-30(17)21(25-12-23)28-16-6-4-5-15(22)9-16/h4-6,9-10,13,17H,3,7-8,11H2,1-2H3,(H,25,28)(H,24,26,27). The fourth-order valence-corrected chi connectivity index (χ4v) is 4.32. The van der Waals surface area contributed by atoms with Crippen molar-refractivity contribution in [1.29, 1.82) is 5.26 Å². The van der Waals surface area contributed by atoms with Gasteiger partial charge in [-0.05, 0) is 37.1 Å². The van der Waals surface area contributed by atoms with Crippen molar-refractivity contribution in [3.63, 3.8) is 0 Å². The topological polar surface area (TPSA) is 96.2 Å². The maximum absolute atomic E-state index is 9.27. The van der Waals surface area contributed by atoms with Crippen LogP contribution in [0, 0.1) is 18.4 Å². The molecule has 8 nitrogen and oxygen atoms in total. The van der Waals surface area contributed by atoms with Gasteiger partial charge in [0.1, 0.15) is 17.8 Å². The second kappa shape index (κ2) is 8.71. The predicted octanol–water partition coefficient (Wildman–Crippen LogP) is 3.88. The minimum Gasteiger partial charge on any atom is -0.352 e. The van der Waals surface area contributed by atoms with Crippen LogP contribution in [0.3, 0.4) is 0 Å². The lowest BCUT2D eigenvalue weighted by atomic mass is 10.1. The highest BCUT2D eigenvalue weighted by Gasteiger charge is 2.30. The molecule has 30 heavy (non-hydrogen) atoms. The van der Waals surface area contributed by atoms with Gasteiger partial charge in [0.15, 0.2) is 0 Å². The van der Waals surface area contributed by atoms with Crippen molar-refractivity contribution in [2.24, 2.45) is 4.99 Å². The number of hydrogen-bond donors (Lipinski definition) is 2. The monoisotopic (exact) mass is 466 g/mol. The molecule has 0 saturated carbocycles. The Bertz CT molecular complexity index is 1120. The van der Waals surface area contributed by atoms with E-state index in [0.717, 1.165) is 58.6 Å². The van der Waals surface area contributed by atoms with E-state index in [1.54, 1.807) is 6.33 Å². The van der Waals surface area contributed by atoms with Gasteiger partial charge in [0.2, 0.25) is 12.2 Å². The molecule has 1 aromatic carbocycles. The molecule has 0 amide bonds. The van der Waals surface area contributed by atoms with E-state index in [2.05, 4.69) is 64.8 Å². The van der Waals surface area contributed by atoms with E-state index in [4.69, 9.17) is 0 Å². The Morgan fingerprint density at radius 3 is 3.03 bits per heavy atom. The van der Waals surface area contributed by atoms with Crippen LogP contribution in [0.4, 0.5) is 11.5 Å². The molecule has 0 radical (unpaired) electrons. The summed E-state index contributed by atoms with van der Waals surface area (Å²) in [6.07, 6.45) is 6.45. The van der Waals surface area contributed by atoms with E-state index in [1.807, 2.05) is 36.7 Å². The number of H-pyrrole nitrogens is 1. The van der Waals surface area contributed by atoms with Crippen molar-refractivity contribution >= 4 is 44.4 Å². The number of benzene rings is 1. The van der Waals surface area contributed by atoms with Crippen LogP contribution in [0.25, 0.3) is 11.0 Å². The average molecular weight is 467 g/mol. The first-order chi connectivity index (χ1) is 14.6. The molecule has 0 bridgehead atoms. The number of guanidine groups is 1. The van der Waals surface area contributed by atoms with Gasteiger partial charge in [-0.1, -0.05) is 28.9 Å². The molecule has 1 aliphatic heterocycles. The van der Waals surface area contributed by atoms with Crippen LogP contribution in [0.2, 0.25) is 0 Å². The second-order valence-electron chi connectivity index (χ2n) is 7.26. The molecule has 0 spiro atoms. The third kappa shape index (κ3) is 3.96. The summed E-state index contributed by atoms with van der Waals surface area (Å²) in [5.74, 6) is 1.53. The fourth-order valence-electron chi connectivity index (χ4n) is 3.92. The molecular formula is C21H23BrN8. The van der Waals surface area contributed by atoms with Gasteiger partial charge in [-0.15, -0.1) is 4.99 Å². The zero-order valence-corrected chi connectivity index (χ0v) is 18.5. The number of rotatable bonds is 3. The number of halogens is 1. The SMILES string of the molecule is CCC1CN(c2ncnc3[nH]cc(C)c23)CCN1/C(=N\C#N)Nc1cccc(Br)c1. The smallest absolute Gasteiger partial charge is 0.214 e. The van der Waals surface area contributed by atoms with Gasteiger partial charge in [0, 0.05) is 42.0 Å². The maximum Gasteiger partial charge on any atom is 0.214 e. The van der Waals surface area contributed by atoms with Gasteiger partial charge >= 0.3 is 0 Å². The Labute approximate surface area is 183 Å². The number of nitriles is 1. The first-order valence-corrected chi connectivity index (χ1v) is 10.7. The molecular weight excluding hydrogens is 444 g/mol. The van der Waals surface area contributed by atoms with Crippen LogP contribution in [0.5, 0.6) is 0 Å². The molecule has 154 valence electrons. The lowest BCUT2D eigenvalue weighted by molar-refractivity contribution is 0.272. The Morgan fingerprint density at radius 1 is 1.40 bits per heavy atom. The number of anilines is 2. The molecule has 1 saturated heterocycles. The van der Waals surface area contributed by atoms with E-state index in [1.165, 1.54) is 0 Å². The zero-order chi connectivity index (χ0) is 21.1. The third-order valence-electron chi connectivity index (χ3n) is 5.41. The van der Waals surface area contributed by atoms with Crippen LogP contribution < -0.4 is 10.2 Å². The van der Waals surface area contributed by atoms with E-state index < -0.39 is 0 Å². The number of aromatic amines is 1. The van der Waals surface area contributed by atoms with Gasteiger partial charge in [-0.2, -0.15) is 5.26 Å². The maximum atomic E-state index is 9.27. The summed E-state index contributed by atoms with van der Waals surface area (Å²) in [5, 5.41) is 13.7. The molecule has 4 rings (SSSR count). The second-order valence-corrected chi connectivity index (χ2v) is 8.18. The molecule has 0 aliphatic carbocycles. The number of nitrogens with zero attached hydrogens (tertiary/aromatic N) is 6. The molecule has 1 unspecified atom stereocenters. The first-order valence-electron chi connectivity index (χ1n) is 9.90. The molecule has 3 aromatic rings. The Kier molecular flexibility index (Phi) is 5.86. The molecule has 3 heterocycles. The third-order valence-corrected chi connectivity index (χ3v) is 5.90. The van der Waals surface area contributed by atoms with Crippen molar-refractivity contribution in [3.8, 4) is 6.19 Å². The molecule has 2 N–H and O–H groups in total. The minimum atomic E-state index is 0.190. The molecule has 1 fully saturated rings. The highest BCUT2D eigenvalue weighted by atomic mass is 79.9. The lowest BCUT2D eigenvalue weighted by Gasteiger charge is -2.43. The Balaban J connectivity index is 1.58. The van der Waals surface area contributed by atoms with Gasteiger partial charge < -0.3 is 20.1 Å². The Hall–Kier alpha value is -3.12. The fraction of sp³-hybridized carbons (Fsp3) is 0.333. The van der Waals surface area contributed by atoms with Crippen molar-refractivity contribution in [2.45, 2.75) is 26.3 Å². The van der Waals surface area contributed by atoms with Gasteiger partial charge in [0.05, 0.1) is 5.39 Å². The number of piperazine rings is 1. The zero-order valence-electron chi connectivity index (χ0n) is 16.9. The van der Waals surface area contributed by atoms with Crippen molar-refractivity contribution in [3.05, 3.63) is 46.8 Å². The van der Waals surface area contributed by atoms with Crippen LogP contribution in [0.1, 0.15) is 18.9 Å². The van der Waals surface area contributed by atoms with Crippen molar-refractivity contribution in [1.82, 2.24) is 19.9 Å². The summed E-state index contributed by atoms with van der Waals surface area (Å²) in [6, 6.07) is 8.03. The van der Waals surface area contributed by atoms with Crippen molar-refractivity contribution in [2.75, 3.05) is 29.9 Å². The van der Waals surface area contributed by atoms with E-state index in [-0.39, 0.29) is 6.04 Å². The van der Waals surface area contributed by atoms with E-state index in [0.29, 0.717) is 5.96 Å². The number of hydrogen-bond acceptors (Lipinski definition) is 5. The summed E-state index contributed by atoms with van der Waals surface area (Å²) in [7, 11) is 0. The quantitative estimate of drug-likeness (QED) is 0.345. The van der Waals surface area contributed by atoms with Gasteiger partial charge in [-0.25, -0.2) is 9.97 Å². The van der Waals surface area contributed by atoms with Crippen LogP contribution in [0.15, 0.2) is 46.3 Å². The van der Waals surface area contributed by atoms with Crippen molar-refractivity contribution < 1.29 is 0 Å². The summed E-state index contributed by atoms with van der Waals surface area (Å²) >= 11 is 3.49. The van der Waals surface area contributed by atoms with Gasteiger partial charge in [0.25, 0.3) is 0 Å². The summed E-state index contributed by atoms with van der Waals surface area (Å²) in [5.41, 5.74) is 2.88. The normalized spacial score (nSPS) is 17.3. The van der Waals surface area contributed by atoms with Crippen LogP contribution in [-0.4, -0.2) is 51.5 Å². The summed E-state index contributed by atoms with van der Waals surface area (Å²) < 4.78 is 0.968. The highest BCUT2D eigenvalue weighted by molar-refractivity contribution is 9.10.